The highest BCUT2D eigenvalue weighted by Gasteiger charge is 2.16. The maximum absolute atomic E-state index is 11.4. The fourth-order valence-electron chi connectivity index (χ4n) is 1.74. The molecule has 0 saturated heterocycles. The van der Waals surface area contributed by atoms with Crippen LogP contribution >= 0.6 is 0 Å². The Labute approximate surface area is 77.6 Å². The van der Waals surface area contributed by atoms with Crippen molar-refractivity contribution in [3.63, 3.8) is 0 Å². The van der Waals surface area contributed by atoms with Crippen LogP contribution in [-0.4, -0.2) is 29.3 Å². The molecule has 0 radical (unpaired) electrons. The maximum atomic E-state index is 11.4. The molecule has 12 heavy (non-hydrogen) atoms. The molecule has 0 heterocycles. The lowest BCUT2D eigenvalue weighted by atomic mass is 10.1. The molecule has 1 aliphatic carbocycles. The summed E-state index contributed by atoms with van der Waals surface area (Å²) in [5, 5.41) is 3.03. The van der Waals surface area contributed by atoms with E-state index in [0.717, 1.165) is 24.0 Å². The largest absolute Gasteiger partial charge is 0.319 e. The van der Waals surface area contributed by atoms with Crippen molar-refractivity contribution in [2.45, 2.75) is 25.7 Å². The van der Waals surface area contributed by atoms with Gasteiger partial charge in [0.2, 0.25) is 0 Å². The third kappa shape index (κ3) is 3.68. The summed E-state index contributed by atoms with van der Waals surface area (Å²) in [6, 6.07) is 0. The second kappa shape index (κ2) is 5.70. The molecular formula is C9H19NOS. The molecule has 1 saturated carbocycles. The van der Waals surface area contributed by atoms with Crippen LogP contribution in [0.4, 0.5) is 0 Å². The van der Waals surface area contributed by atoms with Crippen molar-refractivity contribution >= 4 is 10.8 Å². The zero-order valence-electron chi connectivity index (χ0n) is 7.84. The summed E-state index contributed by atoms with van der Waals surface area (Å²) in [4.78, 5) is 0. The Balaban J connectivity index is 2.08. The zero-order chi connectivity index (χ0) is 8.81. The molecule has 0 bridgehead atoms. The van der Waals surface area contributed by atoms with Gasteiger partial charge in [0.15, 0.2) is 0 Å². The van der Waals surface area contributed by atoms with Gasteiger partial charge >= 0.3 is 0 Å². The summed E-state index contributed by atoms with van der Waals surface area (Å²) < 4.78 is 11.4. The van der Waals surface area contributed by atoms with Crippen molar-refractivity contribution in [3.05, 3.63) is 0 Å². The average molecular weight is 189 g/mol. The zero-order valence-corrected chi connectivity index (χ0v) is 8.66. The summed E-state index contributed by atoms with van der Waals surface area (Å²) in [6.07, 6.45) is 5.33. The molecule has 1 unspecified atom stereocenters. The van der Waals surface area contributed by atoms with E-state index in [-0.39, 0.29) is 0 Å². The van der Waals surface area contributed by atoms with E-state index in [9.17, 15) is 4.21 Å². The lowest BCUT2D eigenvalue weighted by molar-refractivity contribution is 0.603. The predicted octanol–water partition coefficient (Wildman–Crippen LogP) is 1.14. The van der Waals surface area contributed by atoms with Crippen molar-refractivity contribution in [3.8, 4) is 0 Å². The summed E-state index contributed by atoms with van der Waals surface area (Å²) >= 11 is 0. The van der Waals surface area contributed by atoms with Gasteiger partial charge in [-0.2, -0.15) is 0 Å². The van der Waals surface area contributed by atoms with Crippen LogP contribution < -0.4 is 5.32 Å². The summed E-state index contributed by atoms with van der Waals surface area (Å²) in [7, 11) is 1.34. The molecule has 0 spiro atoms. The number of hydrogen-bond acceptors (Lipinski definition) is 2. The second-order valence-corrected chi connectivity index (χ2v) is 5.19. The van der Waals surface area contributed by atoms with Crippen LogP contribution in [0, 0.1) is 5.92 Å². The van der Waals surface area contributed by atoms with E-state index in [1.807, 2.05) is 7.05 Å². The highest BCUT2D eigenvalue weighted by atomic mass is 32.2. The Morgan fingerprint density at radius 3 is 2.67 bits per heavy atom. The lowest BCUT2D eigenvalue weighted by Crippen LogP contribution is -2.19. The number of rotatable bonds is 5. The van der Waals surface area contributed by atoms with Crippen molar-refractivity contribution in [2.24, 2.45) is 5.92 Å². The normalized spacial score (nSPS) is 21.4. The van der Waals surface area contributed by atoms with Gasteiger partial charge in [-0.3, -0.25) is 4.21 Å². The van der Waals surface area contributed by atoms with E-state index in [0.29, 0.717) is 0 Å². The Morgan fingerprint density at radius 2 is 2.08 bits per heavy atom. The number of nitrogens with one attached hydrogen (secondary N) is 1. The molecule has 1 rings (SSSR count). The fraction of sp³-hybridized carbons (Fsp3) is 1.00. The molecule has 72 valence electrons. The summed E-state index contributed by atoms with van der Waals surface area (Å²) in [5.74, 6) is 2.54. The lowest BCUT2D eigenvalue weighted by Gasteiger charge is -2.07. The van der Waals surface area contributed by atoms with Gasteiger partial charge in [0.25, 0.3) is 0 Å². The Morgan fingerprint density at radius 1 is 1.42 bits per heavy atom. The summed E-state index contributed by atoms with van der Waals surface area (Å²) in [6.45, 7) is 0.888. The van der Waals surface area contributed by atoms with Crippen molar-refractivity contribution < 1.29 is 4.21 Å². The molecule has 0 aromatic heterocycles. The standard InChI is InChI=1S/C9H19NOS/c1-10-6-7-12(11)8-9-4-2-3-5-9/h9-10H,2-8H2,1H3. The summed E-state index contributed by atoms with van der Waals surface area (Å²) in [5.41, 5.74) is 0. The highest BCUT2D eigenvalue weighted by molar-refractivity contribution is 7.85. The van der Waals surface area contributed by atoms with E-state index in [4.69, 9.17) is 0 Å². The monoisotopic (exact) mass is 189 g/mol. The van der Waals surface area contributed by atoms with Crippen LogP contribution in [0.1, 0.15) is 25.7 Å². The third-order valence-electron chi connectivity index (χ3n) is 2.48. The van der Waals surface area contributed by atoms with Crippen LogP contribution in [0.5, 0.6) is 0 Å². The molecule has 0 aliphatic heterocycles. The molecule has 2 nitrogen and oxygen atoms in total. The van der Waals surface area contributed by atoms with Crippen LogP contribution in [0.25, 0.3) is 0 Å². The van der Waals surface area contributed by atoms with Gasteiger partial charge in [-0.15, -0.1) is 0 Å². The Kier molecular flexibility index (Phi) is 4.84. The van der Waals surface area contributed by atoms with Crippen LogP contribution in [-0.2, 0) is 10.8 Å². The quantitative estimate of drug-likeness (QED) is 0.703. The molecule has 1 atom stereocenters. The van der Waals surface area contributed by atoms with Gasteiger partial charge in [-0.25, -0.2) is 0 Å². The Bertz CT molecular complexity index is 143. The minimum Gasteiger partial charge on any atom is -0.319 e. The molecule has 1 N–H and O–H groups in total. The van der Waals surface area contributed by atoms with Crippen molar-refractivity contribution in [2.75, 3.05) is 25.1 Å². The molecule has 3 heteroatoms. The predicted molar refractivity (Wildman–Crippen MR) is 53.8 cm³/mol. The van der Waals surface area contributed by atoms with Crippen LogP contribution in [0.15, 0.2) is 0 Å². The van der Waals surface area contributed by atoms with Gasteiger partial charge in [-0.1, -0.05) is 12.8 Å². The van der Waals surface area contributed by atoms with Gasteiger partial charge in [0.05, 0.1) is 0 Å². The van der Waals surface area contributed by atoms with Crippen LogP contribution in [0.3, 0.4) is 0 Å². The molecule has 0 aromatic rings. The van der Waals surface area contributed by atoms with E-state index >= 15 is 0 Å². The van der Waals surface area contributed by atoms with Gasteiger partial charge < -0.3 is 5.32 Å². The smallest absolute Gasteiger partial charge is 0.0360 e. The van der Waals surface area contributed by atoms with E-state index in [1.165, 1.54) is 25.7 Å². The topological polar surface area (TPSA) is 29.1 Å². The van der Waals surface area contributed by atoms with Crippen molar-refractivity contribution in [1.29, 1.82) is 0 Å². The first-order valence-electron chi connectivity index (χ1n) is 4.82. The minimum absolute atomic E-state index is 0.572. The van der Waals surface area contributed by atoms with E-state index < -0.39 is 10.8 Å². The minimum atomic E-state index is -0.572. The first-order valence-corrected chi connectivity index (χ1v) is 6.31. The SMILES string of the molecule is CNCCS(=O)CC1CCCC1. The molecule has 0 amide bonds. The van der Waals surface area contributed by atoms with Gasteiger partial charge in [0, 0.05) is 28.9 Å². The van der Waals surface area contributed by atoms with Gasteiger partial charge in [0.1, 0.15) is 0 Å². The van der Waals surface area contributed by atoms with Gasteiger partial charge in [-0.05, 0) is 25.8 Å². The number of hydrogen-bond donors (Lipinski definition) is 1. The first-order chi connectivity index (χ1) is 5.83. The van der Waals surface area contributed by atoms with Crippen molar-refractivity contribution in [1.82, 2.24) is 5.32 Å². The Hall–Kier alpha value is 0.110. The molecule has 1 fully saturated rings. The fourth-order valence-corrected chi connectivity index (χ4v) is 3.20. The first kappa shape index (κ1) is 10.2. The van der Waals surface area contributed by atoms with E-state index in [1.54, 1.807) is 0 Å². The van der Waals surface area contributed by atoms with E-state index in [2.05, 4.69) is 5.32 Å². The molecule has 0 aromatic carbocycles. The third-order valence-corrected chi connectivity index (χ3v) is 3.98. The average Bonchev–Trinajstić information content (AvgIpc) is 2.53. The molecule has 1 aliphatic rings. The maximum Gasteiger partial charge on any atom is 0.0360 e. The molecular weight excluding hydrogens is 170 g/mol. The second-order valence-electron chi connectivity index (χ2n) is 3.56. The highest BCUT2D eigenvalue weighted by Crippen LogP contribution is 2.25. The van der Waals surface area contributed by atoms with Crippen LogP contribution in [0.2, 0.25) is 0 Å².